The van der Waals surface area contributed by atoms with Crippen LogP contribution in [0, 0.1) is 12.7 Å². The molecule has 1 N–H and O–H groups in total. The zero-order valence-corrected chi connectivity index (χ0v) is 16.1. The molecule has 0 spiro atoms. The second kappa shape index (κ2) is 7.47. The van der Waals surface area contributed by atoms with Gasteiger partial charge in [0, 0.05) is 17.2 Å². The molecule has 1 amide bonds. The number of rotatable bonds is 4. The summed E-state index contributed by atoms with van der Waals surface area (Å²) in [4.78, 5) is 26.8. The van der Waals surface area contributed by atoms with Crippen molar-refractivity contribution in [2.24, 2.45) is 0 Å². The minimum absolute atomic E-state index is 0.0485. The summed E-state index contributed by atoms with van der Waals surface area (Å²) in [6.07, 6.45) is 0. The van der Waals surface area contributed by atoms with Crippen LogP contribution in [0.2, 0.25) is 0 Å². The van der Waals surface area contributed by atoms with Crippen LogP contribution in [0.3, 0.4) is 0 Å². The number of ether oxygens (including phenoxy) is 1. The Balaban J connectivity index is 1.94. The molecule has 0 aliphatic carbocycles. The second-order valence-corrected chi connectivity index (χ2v) is 6.71. The van der Waals surface area contributed by atoms with Crippen molar-refractivity contribution < 1.29 is 28.3 Å². The van der Waals surface area contributed by atoms with Crippen molar-refractivity contribution in [1.82, 2.24) is 5.16 Å². The first kappa shape index (κ1) is 19.4. The van der Waals surface area contributed by atoms with Gasteiger partial charge in [-0.25, -0.2) is 4.39 Å². The zero-order valence-electron chi connectivity index (χ0n) is 16.1. The van der Waals surface area contributed by atoms with Gasteiger partial charge in [-0.1, -0.05) is 23.4 Å². The Hall–Kier alpha value is -3.94. The van der Waals surface area contributed by atoms with Gasteiger partial charge < -0.3 is 14.4 Å². The van der Waals surface area contributed by atoms with Crippen molar-refractivity contribution in [2.45, 2.75) is 13.0 Å². The fourth-order valence-electron chi connectivity index (χ4n) is 3.43. The summed E-state index contributed by atoms with van der Waals surface area (Å²) in [5, 5.41) is 14.7. The molecule has 4 rings (SSSR count). The van der Waals surface area contributed by atoms with Gasteiger partial charge in [-0.2, -0.15) is 0 Å². The number of hydrogen-bond donors (Lipinski definition) is 1. The first-order valence-electron chi connectivity index (χ1n) is 9.05. The number of aromatic nitrogens is 1. The van der Waals surface area contributed by atoms with Crippen LogP contribution in [-0.4, -0.2) is 29.1 Å². The predicted molar refractivity (Wildman–Crippen MR) is 105 cm³/mol. The van der Waals surface area contributed by atoms with Crippen molar-refractivity contribution in [2.75, 3.05) is 12.0 Å². The van der Waals surface area contributed by atoms with E-state index in [-0.39, 0.29) is 22.5 Å². The minimum atomic E-state index is -1.21. The smallest absolute Gasteiger partial charge is 0.301 e. The van der Waals surface area contributed by atoms with Gasteiger partial charge in [0.15, 0.2) is 5.82 Å². The molecular formula is C22H17FN2O5. The SMILES string of the molecule is COc1ccc(/C(O)=C2\C(=O)C(=O)N(c3cc(C)on3)[C@H]2c2ccccc2F)cc1. The van der Waals surface area contributed by atoms with E-state index in [9.17, 15) is 19.1 Å². The third-order valence-corrected chi connectivity index (χ3v) is 4.87. The number of hydrogen-bond acceptors (Lipinski definition) is 6. The Kier molecular flexibility index (Phi) is 4.83. The molecule has 0 bridgehead atoms. The fraction of sp³-hybridized carbons (Fsp3) is 0.136. The van der Waals surface area contributed by atoms with Crippen LogP contribution in [0.15, 0.2) is 64.7 Å². The van der Waals surface area contributed by atoms with Crippen LogP contribution in [-0.2, 0) is 9.59 Å². The summed E-state index contributed by atoms with van der Waals surface area (Å²) in [5.41, 5.74) is 0.0924. The lowest BCUT2D eigenvalue weighted by molar-refractivity contribution is -0.132. The number of halogens is 1. The van der Waals surface area contributed by atoms with Crippen molar-refractivity contribution >= 4 is 23.3 Å². The van der Waals surface area contributed by atoms with Crippen LogP contribution in [0.5, 0.6) is 5.75 Å². The van der Waals surface area contributed by atoms with Gasteiger partial charge in [-0.3, -0.25) is 14.5 Å². The predicted octanol–water partition coefficient (Wildman–Crippen LogP) is 3.76. The van der Waals surface area contributed by atoms with Crippen LogP contribution in [0.25, 0.3) is 5.76 Å². The zero-order chi connectivity index (χ0) is 21.4. The largest absolute Gasteiger partial charge is 0.507 e. The molecule has 1 saturated heterocycles. The van der Waals surface area contributed by atoms with Crippen molar-refractivity contribution in [1.29, 1.82) is 0 Å². The molecule has 0 radical (unpaired) electrons. The lowest BCUT2D eigenvalue weighted by atomic mass is 9.95. The van der Waals surface area contributed by atoms with E-state index in [0.717, 1.165) is 4.90 Å². The molecule has 1 aromatic heterocycles. The molecule has 0 unspecified atom stereocenters. The normalized spacial score (nSPS) is 18.1. The molecule has 1 fully saturated rings. The van der Waals surface area contributed by atoms with E-state index in [2.05, 4.69) is 5.16 Å². The van der Waals surface area contributed by atoms with Gasteiger partial charge in [0.05, 0.1) is 18.7 Å². The van der Waals surface area contributed by atoms with Gasteiger partial charge in [0.25, 0.3) is 5.78 Å². The highest BCUT2D eigenvalue weighted by atomic mass is 19.1. The third-order valence-electron chi connectivity index (χ3n) is 4.87. The Bertz CT molecular complexity index is 1170. The standard InChI is InChI=1S/C22H17FN2O5/c1-12-11-17(24-30-12)25-19(15-5-3-4-6-16(15)23)18(21(27)22(25)28)20(26)13-7-9-14(29-2)10-8-13/h3-11,19,26H,1-2H3/b20-18+/t19-/m0/s1. The number of anilines is 1. The average molecular weight is 408 g/mol. The quantitative estimate of drug-likeness (QED) is 0.401. The van der Waals surface area contributed by atoms with E-state index in [1.807, 2.05) is 0 Å². The molecule has 1 aliphatic heterocycles. The van der Waals surface area contributed by atoms with Gasteiger partial charge in [0.2, 0.25) is 0 Å². The van der Waals surface area contributed by atoms with E-state index in [0.29, 0.717) is 11.5 Å². The highest BCUT2D eigenvalue weighted by Gasteiger charge is 2.48. The first-order chi connectivity index (χ1) is 14.4. The lowest BCUT2D eigenvalue weighted by Gasteiger charge is -2.23. The van der Waals surface area contributed by atoms with Crippen LogP contribution >= 0.6 is 0 Å². The van der Waals surface area contributed by atoms with E-state index < -0.39 is 29.3 Å². The number of Topliss-reactive ketones (excluding diaryl/α,β-unsaturated/α-hetero) is 1. The first-order valence-corrected chi connectivity index (χ1v) is 9.05. The van der Waals surface area contributed by atoms with Crippen molar-refractivity contribution in [3.05, 3.63) is 82.9 Å². The van der Waals surface area contributed by atoms with E-state index >= 15 is 0 Å². The Morgan fingerprint density at radius 3 is 2.47 bits per heavy atom. The number of carbonyl (C=O) groups is 2. The third kappa shape index (κ3) is 3.12. The Labute approximate surface area is 171 Å². The summed E-state index contributed by atoms with van der Waals surface area (Å²) in [7, 11) is 1.50. The van der Waals surface area contributed by atoms with Crippen molar-refractivity contribution in [3.8, 4) is 5.75 Å². The molecule has 3 aromatic rings. The van der Waals surface area contributed by atoms with Gasteiger partial charge in [-0.15, -0.1) is 0 Å². The number of carbonyl (C=O) groups excluding carboxylic acids is 2. The van der Waals surface area contributed by atoms with E-state index in [1.165, 1.54) is 31.4 Å². The Morgan fingerprint density at radius 1 is 1.17 bits per heavy atom. The number of ketones is 1. The molecule has 0 saturated carbocycles. The molecule has 152 valence electrons. The summed E-state index contributed by atoms with van der Waals surface area (Å²) >= 11 is 0. The van der Waals surface area contributed by atoms with E-state index in [1.54, 1.807) is 37.3 Å². The number of methoxy groups -OCH3 is 1. The van der Waals surface area contributed by atoms with Crippen LogP contribution in [0.1, 0.15) is 22.9 Å². The number of amides is 1. The average Bonchev–Trinajstić information content (AvgIpc) is 3.29. The molecule has 8 heteroatoms. The summed E-state index contributed by atoms with van der Waals surface area (Å²) in [5.74, 6) is -1.92. The van der Waals surface area contributed by atoms with Gasteiger partial charge in [0.1, 0.15) is 23.1 Å². The van der Waals surface area contributed by atoms with Crippen LogP contribution in [0.4, 0.5) is 10.2 Å². The second-order valence-electron chi connectivity index (χ2n) is 6.71. The molecular weight excluding hydrogens is 391 g/mol. The number of nitrogens with zero attached hydrogens (tertiary/aromatic N) is 2. The summed E-state index contributed by atoms with van der Waals surface area (Å²) < 4.78 is 24.9. The number of aliphatic hydroxyl groups excluding tert-OH is 1. The summed E-state index contributed by atoms with van der Waals surface area (Å²) in [6.45, 7) is 1.63. The molecule has 7 nitrogen and oxygen atoms in total. The number of aliphatic hydroxyl groups is 1. The summed E-state index contributed by atoms with van der Waals surface area (Å²) in [6, 6.07) is 12.3. The lowest BCUT2D eigenvalue weighted by Crippen LogP contribution is -2.30. The number of benzene rings is 2. The molecule has 1 aliphatic rings. The van der Waals surface area contributed by atoms with Gasteiger partial charge in [-0.05, 0) is 37.3 Å². The molecule has 1 atom stereocenters. The molecule has 30 heavy (non-hydrogen) atoms. The maximum Gasteiger partial charge on any atom is 0.301 e. The number of aryl methyl sites for hydroxylation is 1. The maximum atomic E-state index is 14.7. The van der Waals surface area contributed by atoms with Gasteiger partial charge >= 0.3 is 5.91 Å². The van der Waals surface area contributed by atoms with Crippen molar-refractivity contribution in [3.63, 3.8) is 0 Å². The maximum absolute atomic E-state index is 14.7. The minimum Gasteiger partial charge on any atom is -0.507 e. The fourth-order valence-corrected chi connectivity index (χ4v) is 3.43. The van der Waals surface area contributed by atoms with Crippen LogP contribution < -0.4 is 9.64 Å². The highest BCUT2D eigenvalue weighted by molar-refractivity contribution is 6.51. The highest BCUT2D eigenvalue weighted by Crippen LogP contribution is 2.42. The molecule has 2 heterocycles. The topological polar surface area (TPSA) is 92.9 Å². The van der Waals surface area contributed by atoms with E-state index in [4.69, 9.17) is 9.26 Å². The molecule has 2 aromatic carbocycles. The monoisotopic (exact) mass is 408 g/mol. The Morgan fingerprint density at radius 2 is 1.87 bits per heavy atom.